The highest BCUT2D eigenvalue weighted by atomic mass is 32.2. The third-order valence-corrected chi connectivity index (χ3v) is 5.40. The Balaban J connectivity index is 2.28. The van der Waals surface area contributed by atoms with Crippen molar-refractivity contribution in [2.45, 2.75) is 52.0 Å². The van der Waals surface area contributed by atoms with Crippen LogP contribution in [0.2, 0.25) is 0 Å². The minimum absolute atomic E-state index is 0.0613. The van der Waals surface area contributed by atoms with Crippen LogP contribution in [0.25, 0.3) is 0 Å². The molecule has 0 spiro atoms. The number of carbonyl (C=O) groups is 1. The van der Waals surface area contributed by atoms with E-state index in [1.165, 1.54) is 28.5 Å². The average molecular weight is 358 g/mol. The number of thioether (sulfide) groups is 1. The van der Waals surface area contributed by atoms with Crippen molar-refractivity contribution in [3.8, 4) is 5.75 Å². The monoisotopic (exact) mass is 357 g/mol. The molecule has 3 nitrogen and oxygen atoms in total. The molecule has 0 unspecified atom stereocenters. The topological polar surface area (TPSA) is 38.3 Å². The zero-order chi connectivity index (χ0) is 18.4. The van der Waals surface area contributed by atoms with Crippen LogP contribution < -0.4 is 10.1 Å². The van der Waals surface area contributed by atoms with Gasteiger partial charge in [0.2, 0.25) is 0 Å². The van der Waals surface area contributed by atoms with E-state index in [1.54, 1.807) is 7.05 Å². The van der Waals surface area contributed by atoms with Crippen LogP contribution in [0.3, 0.4) is 0 Å². The van der Waals surface area contributed by atoms with Gasteiger partial charge in [-0.2, -0.15) is 0 Å². The standard InChI is InChI=1S/C21H27NO2S/c1-6-16-9-8-10-20(25-21(23)22-5)18(16)13-24-19-12-14(3)17(7-2)11-15(19)4/h8-12H,6-7,13H2,1-5H3,(H,22,23). The second kappa shape index (κ2) is 8.95. The highest BCUT2D eigenvalue weighted by Crippen LogP contribution is 2.29. The molecule has 0 aliphatic carbocycles. The molecule has 0 radical (unpaired) electrons. The predicted molar refractivity (Wildman–Crippen MR) is 106 cm³/mol. The van der Waals surface area contributed by atoms with Crippen LogP contribution in [-0.4, -0.2) is 12.3 Å². The Kier molecular flexibility index (Phi) is 6.94. The summed E-state index contributed by atoms with van der Waals surface area (Å²) in [4.78, 5) is 12.7. The first-order valence-corrected chi connectivity index (χ1v) is 9.55. The number of rotatable bonds is 6. The van der Waals surface area contributed by atoms with E-state index in [1.807, 2.05) is 12.1 Å². The largest absolute Gasteiger partial charge is 0.489 e. The van der Waals surface area contributed by atoms with Crippen molar-refractivity contribution in [1.29, 1.82) is 0 Å². The molecular formula is C21H27NO2S. The number of hydrogen-bond acceptors (Lipinski definition) is 3. The molecule has 0 heterocycles. The Bertz CT molecular complexity index is 756. The van der Waals surface area contributed by atoms with Gasteiger partial charge in [-0.15, -0.1) is 0 Å². The Labute approximate surface area is 155 Å². The van der Waals surface area contributed by atoms with Gasteiger partial charge in [0.05, 0.1) is 0 Å². The first-order valence-electron chi connectivity index (χ1n) is 8.73. The summed E-state index contributed by atoms with van der Waals surface area (Å²) in [6.45, 7) is 8.97. The van der Waals surface area contributed by atoms with Crippen molar-refractivity contribution in [1.82, 2.24) is 5.32 Å². The van der Waals surface area contributed by atoms with Crippen LogP contribution >= 0.6 is 11.8 Å². The maximum Gasteiger partial charge on any atom is 0.283 e. The van der Waals surface area contributed by atoms with Gasteiger partial charge >= 0.3 is 0 Å². The number of hydrogen-bond donors (Lipinski definition) is 1. The smallest absolute Gasteiger partial charge is 0.283 e. The summed E-state index contributed by atoms with van der Waals surface area (Å²) in [5.41, 5.74) is 6.07. The molecule has 2 rings (SSSR count). The summed E-state index contributed by atoms with van der Waals surface area (Å²) in [5, 5.41) is 2.60. The van der Waals surface area contributed by atoms with Crippen molar-refractivity contribution < 1.29 is 9.53 Å². The summed E-state index contributed by atoms with van der Waals surface area (Å²) in [6.07, 6.45) is 1.94. The van der Waals surface area contributed by atoms with E-state index < -0.39 is 0 Å². The second-order valence-corrected chi connectivity index (χ2v) is 7.09. The Hall–Kier alpha value is -1.94. The molecule has 4 heteroatoms. The lowest BCUT2D eigenvalue weighted by molar-refractivity contribution is 0.262. The summed E-state index contributed by atoms with van der Waals surface area (Å²) in [7, 11) is 1.65. The fourth-order valence-corrected chi connectivity index (χ4v) is 3.65. The molecule has 134 valence electrons. The van der Waals surface area contributed by atoms with Crippen LogP contribution in [0, 0.1) is 13.8 Å². The Morgan fingerprint density at radius 1 is 1.08 bits per heavy atom. The van der Waals surface area contributed by atoms with E-state index >= 15 is 0 Å². The lowest BCUT2D eigenvalue weighted by atomic mass is 10.0. The van der Waals surface area contributed by atoms with E-state index in [4.69, 9.17) is 4.74 Å². The van der Waals surface area contributed by atoms with Crippen LogP contribution in [0.1, 0.15) is 41.7 Å². The van der Waals surface area contributed by atoms with E-state index in [-0.39, 0.29) is 5.24 Å². The van der Waals surface area contributed by atoms with Gasteiger partial charge in [0, 0.05) is 17.5 Å². The van der Waals surface area contributed by atoms with E-state index in [0.29, 0.717) is 6.61 Å². The first-order chi connectivity index (χ1) is 12.0. The normalized spacial score (nSPS) is 10.6. The van der Waals surface area contributed by atoms with Gasteiger partial charge in [-0.25, -0.2) is 0 Å². The van der Waals surface area contributed by atoms with Gasteiger partial charge in [0.1, 0.15) is 12.4 Å². The molecule has 0 aromatic heterocycles. The van der Waals surface area contributed by atoms with Crippen molar-refractivity contribution >= 4 is 17.0 Å². The first kappa shape index (κ1) is 19.4. The summed E-state index contributed by atoms with van der Waals surface area (Å²) in [6, 6.07) is 10.4. The molecule has 0 aliphatic heterocycles. The van der Waals surface area contributed by atoms with Gasteiger partial charge in [-0.3, -0.25) is 4.79 Å². The molecule has 0 fully saturated rings. The van der Waals surface area contributed by atoms with Crippen molar-refractivity contribution in [2.75, 3.05) is 7.05 Å². The number of ether oxygens (including phenoxy) is 1. The molecule has 25 heavy (non-hydrogen) atoms. The second-order valence-electron chi connectivity index (χ2n) is 6.07. The highest BCUT2D eigenvalue weighted by Gasteiger charge is 2.13. The van der Waals surface area contributed by atoms with Gasteiger partial charge in [0.25, 0.3) is 5.24 Å². The molecule has 0 atom stereocenters. The van der Waals surface area contributed by atoms with Crippen LogP contribution in [0.4, 0.5) is 4.79 Å². The van der Waals surface area contributed by atoms with Crippen molar-refractivity contribution in [3.63, 3.8) is 0 Å². The van der Waals surface area contributed by atoms with Crippen molar-refractivity contribution in [3.05, 3.63) is 58.1 Å². The molecule has 2 aromatic carbocycles. The van der Waals surface area contributed by atoms with E-state index in [9.17, 15) is 4.79 Å². The van der Waals surface area contributed by atoms with E-state index in [0.717, 1.165) is 34.6 Å². The molecule has 0 aliphatic rings. The molecular weight excluding hydrogens is 330 g/mol. The summed E-state index contributed by atoms with van der Waals surface area (Å²) >= 11 is 1.22. The van der Waals surface area contributed by atoms with Crippen LogP contribution in [-0.2, 0) is 19.4 Å². The fraction of sp³-hybridized carbons (Fsp3) is 0.381. The van der Waals surface area contributed by atoms with Crippen LogP contribution in [0.5, 0.6) is 5.75 Å². The van der Waals surface area contributed by atoms with E-state index in [2.05, 4.69) is 51.2 Å². The quantitative estimate of drug-likeness (QED) is 0.700. The lowest BCUT2D eigenvalue weighted by Gasteiger charge is -2.16. The fourth-order valence-electron chi connectivity index (χ4n) is 2.89. The molecule has 1 amide bonds. The molecule has 2 aromatic rings. The Morgan fingerprint density at radius 3 is 2.44 bits per heavy atom. The van der Waals surface area contributed by atoms with Crippen molar-refractivity contribution in [2.24, 2.45) is 0 Å². The average Bonchev–Trinajstić information content (AvgIpc) is 2.62. The SMILES string of the molecule is CCc1cc(C)c(OCc2c(CC)cccc2SC(=O)NC)cc1C. The maximum atomic E-state index is 11.8. The van der Waals surface area contributed by atoms with Gasteiger partial charge in [-0.1, -0.05) is 32.0 Å². The number of nitrogens with one attached hydrogen (secondary N) is 1. The zero-order valence-electron chi connectivity index (χ0n) is 15.7. The molecule has 0 saturated heterocycles. The predicted octanol–water partition coefficient (Wildman–Crippen LogP) is 5.44. The number of carbonyl (C=O) groups excluding carboxylic acids is 1. The molecule has 0 saturated carbocycles. The minimum Gasteiger partial charge on any atom is -0.489 e. The number of aryl methyl sites for hydroxylation is 4. The molecule has 1 N–H and O–H groups in total. The number of amides is 1. The third kappa shape index (κ3) is 4.79. The minimum atomic E-state index is -0.0613. The lowest BCUT2D eigenvalue weighted by Crippen LogP contribution is -2.12. The van der Waals surface area contributed by atoms with Gasteiger partial charge < -0.3 is 10.1 Å². The summed E-state index contributed by atoms with van der Waals surface area (Å²) in [5.74, 6) is 0.913. The third-order valence-electron chi connectivity index (χ3n) is 4.40. The maximum absolute atomic E-state index is 11.8. The Morgan fingerprint density at radius 2 is 1.80 bits per heavy atom. The highest BCUT2D eigenvalue weighted by molar-refractivity contribution is 8.13. The van der Waals surface area contributed by atoms with Gasteiger partial charge in [0.15, 0.2) is 0 Å². The van der Waals surface area contributed by atoms with Crippen LogP contribution in [0.15, 0.2) is 35.2 Å². The number of benzene rings is 2. The summed E-state index contributed by atoms with van der Waals surface area (Å²) < 4.78 is 6.16. The zero-order valence-corrected chi connectivity index (χ0v) is 16.5. The molecule has 0 bridgehead atoms. The van der Waals surface area contributed by atoms with Gasteiger partial charge in [-0.05, 0) is 72.8 Å².